The molecule has 0 aromatic carbocycles. The van der Waals surface area contributed by atoms with Crippen LogP contribution in [0.2, 0.25) is 0 Å². The van der Waals surface area contributed by atoms with Crippen LogP contribution in [0.5, 0.6) is 0 Å². The Kier molecular flexibility index (Phi) is 4.54. The molecule has 0 unspecified atom stereocenters. The zero-order valence-corrected chi connectivity index (χ0v) is 12.4. The van der Waals surface area contributed by atoms with Gasteiger partial charge in [0.15, 0.2) is 0 Å². The first-order chi connectivity index (χ1) is 9.49. The first-order valence-corrected chi connectivity index (χ1v) is 7.16. The van der Waals surface area contributed by atoms with Crippen molar-refractivity contribution in [1.82, 2.24) is 9.47 Å². The van der Waals surface area contributed by atoms with Gasteiger partial charge in [-0.15, -0.1) is 0 Å². The van der Waals surface area contributed by atoms with E-state index >= 15 is 0 Å². The lowest BCUT2D eigenvalue weighted by atomic mass is 10.1. The van der Waals surface area contributed by atoms with E-state index in [2.05, 4.69) is 0 Å². The van der Waals surface area contributed by atoms with Gasteiger partial charge in [0.05, 0.1) is 11.5 Å². The van der Waals surface area contributed by atoms with Crippen LogP contribution in [0.1, 0.15) is 36.0 Å². The third-order valence-electron chi connectivity index (χ3n) is 3.70. The van der Waals surface area contributed by atoms with E-state index < -0.39 is 0 Å². The number of aryl methyl sites for hydroxylation is 1. The van der Waals surface area contributed by atoms with E-state index in [1.54, 1.807) is 24.2 Å². The summed E-state index contributed by atoms with van der Waals surface area (Å²) in [4.78, 5) is 26.3. The first-order valence-electron chi connectivity index (χ1n) is 6.75. The summed E-state index contributed by atoms with van der Waals surface area (Å²) in [6.07, 6.45) is 5.77. The molecule has 1 saturated carbocycles. The number of amides is 1. The number of aromatic nitrogens is 1. The van der Waals surface area contributed by atoms with Gasteiger partial charge in [0, 0.05) is 30.9 Å². The van der Waals surface area contributed by atoms with Gasteiger partial charge in [0.2, 0.25) is 0 Å². The molecule has 1 heterocycles. The Labute approximate surface area is 123 Å². The molecule has 0 spiro atoms. The van der Waals surface area contributed by atoms with Crippen molar-refractivity contribution < 1.29 is 4.79 Å². The van der Waals surface area contributed by atoms with Gasteiger partial charge in [0.25, 0.3) is 11.5 Å². The van der Waals surface area contributed by atoms with Crippen molar-refractivity contribution in [3.63, 3.8) is 0 Å². The summed E-state index contributed by atoms with van der Waals surface area (Å²) in [7, 11) is 1.65. The van der Waals surface area contributed by atoms with Gasteiger partial charge >= 0.3 is 0 Å². The van der Waals surface area contributed by atoms with Crippen molar-refractivity contribution in [3.05, 3.63) is 34.2 Å². The van der Waals surface area contributed by atoms with Crippen LogP contribution in [0.25, 0.3) is 0 Å². The predicted octanol–water partition coefficient (Wildman–Crippen LogP) is 1.06. The van der Waals surface area contributed by atoms with E-state index in [1.807, 2.05) is 0 Å². The molecule has 1 aliphatic carbocycles. The van der Waals surface area contributed by atoms with Gasteiger partial charge in [-0.3, -0.25) is 9.59 Å². The third-order valence-corrected chi connectivity index (χ3v) is 3.83. The average molecular weight is 293 g/mol. The highest BCUT2D eigenvalue weighted by Crippen LogP contribution is 2.24. The van der Waals surface area contributed by atoms with Crippen LogP contribution in [0.3, 0.4) is 0 Å². The van der Waals surface area contributed by atoms with Gasteiger partial charge < -0.3 is 15.2 Å². The molecule has 1 amide bonds. The van der Waals surface area contributed by atoms with Crippen molar-refractivity contribution in [2.75, 3.05) is 6.54 Å². The molecule has 0 bridgehead atoms. The molecule has 0 saturated heterocycles. The van der Waals surface area contributed by atoms with Gasteiger partial charge in [-0.05, 0) is 18.9 Å². The summed E-state index contributed by atoms with van der Waals surface area (Å²) >= 11 is 4.94. The zero-order valence-electron chi connectivity index (χ0n) is 11.5. The fourth-order valence-electron chi connectivity index (χ4n) is 2.60. The van der Waals surface area contributed by atoms with E-state index in [1.165, 1.54) is 10.6 Å². The summed E-state index contributed by atoms with van der Waals surface area (Å²) in [5.41, 5.74) is 5.81. The SMILES string of the molecule is Cn1ccc(C(=O)N(CC(N)=S)C2CCCC2)cc1=O. The molecular formula is C14H19N3O2S. The molecule has 5 nitrogen and oxygen atoms in total. The Morgan fingerprint density at radius 1 is 1.50 bits per heavy atom. The van der Waals surface area contributed by atoms with E-state index in [0.29, 0.717) is 10.6 Å². The minimum absolute atomic E-state index is 0.164. The molecule has 1 aromatic rings. The molecule has 2 N–H and O–H groups in total. The molecule has 0 atom stereocenters. The molecule has 6 heteroatoms. The largest absolute Gasteiger partial charge is 0.392 e. The van der Waals surface area contributed by atoms with Gasteiger partial charge in [0.1, 0.15) is 0 Å². The fraction of sp³-hybridized carbons (Fsp3) is 0.500. The number of nitrogens with zero attached hydrogens (tertiary/aromatic N) is 2. The smallest absolute Gasteiger partial charge is 0.254 e. The monoisotopic (exact) mass is 293 g/mol. The Bertz CT molecular complexity index is 576. The van der Waals surface area contributed by atoms with E-state index in [-0.39, 0.29) is 24.1 Å². The predicted molar refractivity (Wildman–Crippen MR) is 81.8 cm³/mol. The lowest BCUT2D eigenvalue weighted by molar-refractivity contribution is 0.0714. The normalized spacial score (nSPS) is 15.2. The third kappa shape index (κ3) is 3.25. The van der Waals surface area contributed by atoms with Crippen molar-refractivity contribution >= 4 is 23.1 Å². The Morgan fingerprint density at radius 2 is 2.15 bits per heavy atom. The van der Waals surface area contributed by atoms with Crippen molar-refractivity contribution in [1.29, 1.82) is 0 Å². The van der Waals surface area contributed by atoms with Gasteiger partial charge in [-0.2, -0.15) is 0 Å². The lowest BCUT2D eigenvalue weighted by Crippen LogP contribution is -2.44. The Hall–Kier alpha value is -1.69. The molecule has 1 aromatic heterocycles. The van der Waals surface area contributed by atoms with Crippen LogP contribution >= 0.6 is 12.2 Å². The second-order valence-corrected chi connectivity index (χ2v) is 5.73. The number of nitrogens with two attached hydrogens (primary N) is 1. The van der Waals surface area contributed by atoms with Crippen molar-refractivity contribution in [3.8, 4) is 0 Å². The van der Waals surface area contributed by atoms with Crippen molar-refractivity contribution in [2.24, 2.45) is 12.8 Å². The van der Waals surface area contributed by atoms with Gasteiger partial charge in [-0.1, -0.05) is 25.1 Å². The molecule has 1 aliphatic rings. The van der Waals surface area contributed by atoms with Crippen LogP contribution in [-0.4, -0.2) is 32.9 Å². The summed E-state index contributed by atoms with van der Waals surface area (Å²) in [6, 6.07) is 3.20. The van der Waals surface area contributed by atoms with E-state index in [0.717, 1.165) is 25.7 Å². The van der Waals surface area contributed by atoms with Crippen LogP contribution in [0.4, 0.5) is 0 Å². The maximum absolute atomic E-state index is 12.6. The molecule has 20 heavy (non-hydrogen) atoms. The molecule has 108 valence electrons. The molecule has 0 radical (unpaired) electrons. The second kappa shape index (κ2) is 6.17. The average Bonchev–Trinajstić information content (AvgIpc) is 2.92. The maximum atomic E-state index is 12.6. The number of carbonyl (C=O) groups excluding carboxylic acids is 1. The summed E-state index contributed by atoms with van der Waals surface area (Å²) in [5.74, 6) is -0.164. The minimum atomic E-state index is -0.197. The quantitative estimate of drug-likeness (QED) is 0.843. The molecule has 2 rings (SSSR count). The maximum Gasteiger partial charge on any atom is 0.254 e. The zero-order chi connectivity index (χ0) is 14.7. The lowest BCUT2D eigenvalue weighted by Gasteiger charge is -2.28. The molecular weight excluding hydrogens is 274 g/mol. The summed E-state index contributed by atoms with van der Waals surface area (Å²) < 4.78 is 1.43. The Morgan fingerprint density at radius 3 is 2.70 bits per heavy atom. The topological polar surface area (TPSA) is 68.3 Å². The van der Waals surface area contributed by atoms with E-state index in [9.17, 15) is 9.59 Å². The molecule has 1 fully saturated rings. The standard InChI is InChI=1S/C14H19N3O2S/c1-16-7-6-10(8-13(16)18)14(19)17(9-12(15)20)11-4-2-3-5-11/h6-8,11H,2-5,9H2,1H3,(H2,15,20). The number of hydrogen-bond acceptors (Lipinski definition) is 3. The second-order valence-electron chi connectivity index (χ2n) is 5.20. The van der Waals surface area contributed by atoms with Crippen LogP contribution < -0.4 is 11.3 Å². The minimum Gasteiger partial charge on any atom is -0.392 e. The summed E-state index contributed by atoms with van der Waals surface area (Å²) in [5, 5.41) is 0. The number of thiocarbonyl (C=S) groups is 1. The molecule has 0 aliphatic heterocycles. The highest BCUT2D eigenvalue weighted by molar-refractivity contribution is 7.80. The number of carbonyl (C=O) groups is 1. The highest BCUT2D eigenvalue weighted by Gasteiger charge is 2.28. The summed E-state index contributed by atoms with van der Waals surface area (Å²) in [6.45, 7) is 0.272. The highest BCUT2D eigenvalue weighted by atomic mass is 32.1. The van der Waals surface area contributed by atoms with E-state index in [4.69, 9.17) is 18.0 Å². The van der Waals surface area contributed by atoms with Crippen molar-refractivity contribution in [2.45, 2.75) is 31.7 Å². The first kappa shape index (κ1) is 14.7. The number of hydrogen-bond donors (Lipinski definition) is 1. The van der Waals surface area contributed by atoms with Crippen LogP contribution in [0, 0.1) is 0 Å². The Balaban J connectivity index is 2.26. The fourth-order valence-corrected chi connectivity index (χ4v) is 2.74. The van der Waals surface area contributed by atoms with Crippen LogP contribution in [0.15, 0.2) is 23.1 Å². The number of pyridine rings is 1. The van der Waals surface area contributed by atoms with Crippen LogP contribution in [-0.2, 0) is 7.05 Å². The van der Waals surface area contributed by atoms with Gasteiger partial charge in [-0.25, -0.2) is 0 Å². The number of rotatable bonds is 4.